The molecule has 0 bridgehead atoms. The maximum atomic E-state index is 12.9. The van der Waals surface area contributed by atoms with Crippen LogP contribution in [0.4, 0.5) is 5.00 Å². The molecule has 1 aromatic heterocycles. The number of nitrogens with one attached hydrogen (secondary N) is 1. The number of carbonyl (C=O) groups excluding carboxylic acids is 1. The Bertz CT molecular complexity index is 1030. The van der Waals surface area contributed by atoms with Crippen LogP contribution < -0.4 is 5.32 Å². The molecule has 156 valence electrons. The Morgan fingerprint density at radius 1 is 1.07 bits per heavy atom. The highest BCUT2D eigenvalue weighted by atomic mass is 35.5. The van der Waals surface area contributed by atoms with E-state index in [-0.39, 0.29) is 11.9 Å². The van der Waals surface area contributed by atoms with Gasteiger partial charge in [0.15, 0.2) is 0 Å². The van der Waals surface area contributed by atoms with E-state index in [4.69, 9.17) is 16.3 Å². The Balaban J connectivity index is 1.79. The second kappa shape index (κ2) is 9.31. The van der Waals surface area contributed by atoms with Crippen LogP contribution >= 0.6 is 22.9 Å². The summed E-state index contributed by atoms with van der Waals surface area (Å²) in [5, 5.41) is 4.79. The summed E-state index contributed by atoms with van der Waals surface area (Å²) in [6.45, 7) is 7.24. The van der Waals surface area contributed by atoms with Crippen molar-refractivity contribution in [2.24, 2.45) is 0 Å². The molecule has 30 heavy (non-hydrogen) atoms. The van der Waals surface area contributed by atoms with Gasteiger partial charge in [0.05, 0.1) is 19.3 Å². The summed E-state index contributed by atoms with van der Waals surface area (Å²) in [6.07, 6.45) is 0. The highest BCUT2D eigenvalue weighted by Crippen LogP contribution is 2.44. The van der Waals surface area contributed by atoms with Crippen molar-refractivity contribution in [1.82, 2.24) is 4.90 Å². The van der Waals surface area contributed by atoms with Crippen LogP contribution in [0.2, 0.25) is 5.02 Å². The molecular formula is C24H25ClN2O2S. The van der Waals surface area contributed by atoms with Gasteiger partial charge in [-0.1, -0.05) is 48.0 Å². The van der Waals surface area contributed by atoms with Gasteiger partial charge in [0.2, 0.25) is 0 Å². The molecule has 1 amide bonds. The number of hydrogen-bond acceptors (Lipinski definition) is 4. The van der Waals surface area contributed by atoms with Gasteiger partial charge >= 0.3 is 0 Å². The third kappa shape index (κ3) is 4.30. The summed E-state index contributed by atoms with van der Waals surface area (Å²) >= 11 is 8.28. The van der Waals surface area contributed by atoms with Gasteiger partial charge in [0.25, 0.3) is 5.91 Å². The lowest BCUT2D eigenvalue weighted by atomic mass is 9.94. The molecule has 2 heterocycles. The molecule has 4 nitrogen and oxygen atoms in total. The third-order valence-electron chi connectivity index (χ3n) is 5.58. The predicted molar refractivity (Wildman–Crippen MR) is 124 cm³/mol. The minimum atomic E-state index is -0.0991. The lowest BCUT2D eigenvalue weighted by Gasteiger charge is -2.36. The van der Waals surface area contributed by atoms with E-state index in [1.807, 2.05) is 48.5 Å². The number of nitrogens with zero attached hydrogens (tertiary/aromatic N) is 1. The van der Waals surface area contributed by atoms with E-state index >= 15 is 0 Å². The van der Waals surface area contributed by atoms with E-state index in [0.717, 1.165) is 34.2 Å². The third-order valence-corrected chi connectivity index (χ3v) is 7.06. The number of benzene rings is 2. The van der Waals surface area contributed by atoms with Gasteiger partial charge in [-0.25, -0.2) is 0 Å². The first kappa shape index (κ1) is 21.1. The number of carbonyl (C=O) groups is 1. The molecule has 1 aliphatic rings. The topological polar surface area (TPSA) is 41.6 Å². The molecule has 3 aromatic rings. The molecule has 1 unspecified atom stereocenters. The fourth-order valence-corrected chi connectivity index (χ4v) is 5.23. The molecule has 2 aromatic carbocycles. The first-order valence-electron chi connectivity index (χ1n) is 10.1. The van der Waals surface area contributed by atoms with Crippen molar-refractivity contribution in [3.05, 3.63) is 86.8 Å². The molecule has 4 rings (SSSR count). The molecule has 0 radical (unpaired) electrons. The first-order valence-corrected chi connectivity index (χ1v) is 11.3. The molecule has 1 N–H and O–H groups in total. The number of halogens is 1. The fourth-order valence-electron chi connectivity index (χ4n) is 3.90. The molecule has 0 aliphatic carbocycles. The average Bonchev–Trinajstić information content (AvgIpc) is 3.04. The maximum Gasteiger partial charge on any atom is 0.256 e. The number of aryl methyl sites for hydroxylation is 1. The summed E-state index contributed by atoms with van der Waals surface area (Å²) in [4.78, 5) is 16.5. The summed E-state index contributed by atoms with van der Waals surface area (Å²) in [7, 11) is 0. The summed E-state index contributed by atoms with van der Waals surface area (Å²) in [6, 6.07) is 17.3. The van der Waals surface area contributed by atoms with E-state index < -0.39 is 0 Å². The van der Waals surface area contributed by atoms with Gasteiger partial charge < -0.3 is 10.1 Å². The number of morpholine rings is 1. The Morgan fingerprint density at radius 3 is 2.43 bits per heavy atom. The van der Waals surface area contributed by atoms with Crippen LogP contribution in [0.3, 0.4) is 0 Å². The van der Waals surface area contributed by atoms with Crippen molar-refractivity contribution in [2.45, 2.75) is 19.9 Å². The lowest BCUT2D eigenvalue weighted by molar-refractivity contribution is 0.0240. The van der Waals surface area contributed by atoms with Gasteiger partial charge in [-0.15, -0.1) is 11.3 Å². The van der Waals surface area contributed by atoms with E-state index in [0.29, 0.717) is 18.8 Å². The smallest absolute Gasteiger partial charge is 0.256 e. The second-order valence-corrected chi connectivity index (χ2v) is 9.05. The number of hydrogen-bond donors (Lipinski definition) is 1. The second-order valence-electron chi connectivity index (χ2n) is 7.42. The zero-order chi connectivity index (χ0) is 21.1. The number of ether oxygens (including phenoxy) is 1. The Labute approximate surface area is 186 Å². The number of amides is 1. The zero-order valence-corrected chi connectivity index (χ0v) is 18.7. The minimum absolute atomic E-state index is 0.0429. The Morgan fingerprint density at radius 2 is 1.73 bits per heavy atom. The number of anilines is 1. The van der Waals surface area contributed by atoms with Crippen LogP contribution in [0, 0.1) is 13.8 Å². The molecule has 1 aliphatic heterocycles. The summed E-state index contributed by atoms with van der Waals surface area (Å²) in [5.74, 6) is -0.0991. The average molecular weight is 441 g/mol. The van der Waals surface area contributed by atoms with Crippen molar-refractivity contribution in [3.8, 4) is 0 Å². The summed E-state index contributed by atoms with van der Waals surface area (Å²) in [5.41, 5.74) is 4.02. The lowest BCUT2D eigenvalue weighted by Crippen LogP contribution is -2.40. The zero-order valence-electron chi connectivity index (χ0n) is 17.2. The van der Waals surface area contributed by atoms with Crippen molar-refractivity contribution in [2.75, 3.05) is 31.6 Å². The standard InChI is InChI=1S/C24H25ClN2O2S/c1-16-17(2)30-24(26-23(28)18-8-4-3-5-9-18)21(16)22(27-12-14-29-15-13-27)19-10-6-7-11-20(19)25/h3-11,22H,12-15H2,1-2H3,(H,26,28). The first-order chi connectivity index (χ1) is 14.6. The SMILES string of the molecule is Cc1sc(NC(=O)c2ccccc2)c(C(c2ccccc2Cl)N2CCOCC2)c1C. The van der Waals surface area contributed by atoms with Gasteiger partial charge in [-0.05, 0) is 43.2 Å². The molecular weight excluding hydrogens is 416 g/mol. The van der Waals surface area contributed by atoms with Crippen molar-refractivity contribution < 1.29 is 9.53 Å². The van der Waals surface area contributed by atoms with Crippen LogP contribution in [0.5, 0.6) is 0 Å². The van der Waals surface area contributed by atoms with Gasteiger partial charge in [-0.3, -0.25) is 9.69 Å². The molecule has 1 saturated heterocycles. The van der Waals surface area contributed by atoms with Crippen molar-refractivity contribution in [1.29, 1.82) is 0 Å². The molecule has 1 fully saturated rings. The number of thiophene rings is 1. The Kier molecular flexibility index (Phi) is 6.54. The van der Waals surface area contributed by atoms with Crippen LogP contribution in [-0.4, -0.2) is 37.1 Å². The highest BCUT2D eigenvalue weighted by molar-refractivity contribution is 7.16. The Hall–Kier alpha value is -2.18. The van der Waals surface area contributed by atoms with E-state index in [1.54, 1.807) is 11.3 Å². The van der Waals surface area contributed by atoms with Crippen LogP contribution in [0.25, 0.3) is 0 Å². The fraction of sp³-hybridized carbons (Fsp3) is 0.292. The van der Waals surface area contributed by atoms with Crippen molar-refractivity contribution in [3.63, 3.8) is 0 Å². The highest BCUT2D eigenvalue weighted by Gasteiger charge is 2.31. The molecule has 6 heteroatoms. The largest absolute Gasteiger partial charge is 0.379 e. The normalized spacial score (nSPS) is 15.7. The summed E-state index contributed by atoms with van der Waals surface area (Å²) < 4.78 is 5.60. The van der Waals surface area contributed by atoms with Crippen LogP contribution in [0.1, 0.15) is 38.0 Å². The van der Waals surface area contributed by atoms with Crippen LogP contribution in [0.15, 0.2) is 54.6 Å². The maximum absolute atomic E-state index is 12.9. The van der Waals surface area contributed by atoms with Crippen molar-refractivity contribution >= 4 is 33.8 Å². The van der Waals surface area contributed by atoms with E-state index in [1.165, 1.54) is 10.4 Å². The molecule has 0 spiro atoms. The predicted octanol–water partition coefficient (Wildman–Crippen LogP) is 5.69. The van der Waals surface area contributed by atoms with Gasteiger partial charge in [-0.2, -0.15) is 0 Å². The quantitative estimate of drug-likeness (QED) is 0.553. The minimum Gasteiger partial charge on any atom is -0.379 e. The molecule has 1 atom stereocenters. The van der Waals surface area contributed by atoms with E-state index in [9.17, 15) is 4.79 Å². The monoisotopic (exact) mass is 440 g/mol. The molecule has 0 saturated carbocycles. The van der Waals surface area contributed by atoms with Gasteiger partial charge in [0.1, 0.15) is 5.00 Å². The number of rotatable bonds is 5. The van der Waals surface area contributed by atoms with Crippen LogP contribution in [-0.2, 0) is 4.74 Å². The van der Waals surface area contributed by atoms with E-state index in [2.05, 4.69) is 30.1 Å². The van der Waals surface area contributed by atoms with Gasteiger partial charge in [0, 0.05) is 34.1 Å².